The summed E-state index contributed by atoms with van der Waals surface area (Å²) < 4.78 is 1.96. The number of nitrogens with zero attached hydrogens (tertiary/aromatic N) is 2. The largest absolute Gasteiger partial charge is 0.298 e. The van der Waals surface area contributed by atoms with Gasteiger partial charge >= 0.3 is 0 Å². The Morgan fingerprint density at radius 3 is 2.71 bits per heavy atom. The van der Waals surface area contributed by atoms with Gasteiger partial charge in [-0.2, -0.15) is 5.10 Å². The van der Waals surface area contributed by atoms with E-state index in [1.54, 1.807) is 6.20 Å². The third-order valence-corrected chi connectivity index (χ3v) is 2.69. The summed E-state index contributed by atoms with van der Waals surface area (Å²) >= 11 is 0. The molecular formula is C14H16N2O. The molecule has 0 atom stereocenters. The Hall–Kier alpha value is -1.90. The first kappa shape index (κ1) is 11.6. The minimum atomic E-state index is 0.306. The van der Waals surface area contributed by atoms with Crippen LogP contribution in [0.1, 0.15) is 35.8 Å². The first-order valence-corrected chi connectivity index (χ1v) is 5.72. The zero-order valence-electron chi connectivity index (χ0n) is 10.3. The third kappa shape index (κ3) is 2.28. The fraction of sp³-hybridized carbons (Fsp3) is 0.286. The molecule has 2 rings (SSSR count). The van der Waals surface area contributed by atoms with Gasteiger partial charge in [0.15, 0.2) is 0 Å². The molecule has 0 saturated heterocycles. The molecule has 0 aliphatic carbocycles. The fourth-order valence-corrected chi connectivity index (χ4v) is 1.98. The maximum atomic E-state index is 10.9. The smallest absolute Gasteiger partial charge is 0.150 e. The highest BCUT2D eigenvalue weighted by molar-refractivity contribution is 5.79. The van der Waals surface area contributed by atoms with E-state index in [1.807, 2.05) is 29.8 Å². The molecule has 1 aromatic heterocycles. The molecule has 0 fully saturated rings. The predicted molar refractivity (Wildman–Crippen MR) is 68.2 cm³/mol. The van der Waals surface area contributed by atoms with E-state index in [4.69, 9.17) is 0 Å². The van der Waals surface area contributed by atoms with Crippen molar-refractivity contribution in [3.63, 3.8) is 0 Å². The first-order chi connectivity index (χ1) is 8.11. The Bertz CT molecular complexity index is 541. The Labute approximate surface area is 101 Å². The van der Waals surface area contributed by atoms with Crippen LogP contribution in [0, 0.1) is 6.92 Å². The Morgan fingerprint density at radius 2 is 2.06 bits per heavy atom. The average Bonchev–Trinajstić information content (AvgIpc) is 2.77. The second-order valence-corrected chi connectivity index (χ2v) is 4.50. The zero-order valence-corrected chi connectivity index (χ0v) is 10.3. The van der Waals surface area contributed by atoms with Crippen LogP contribution in [-0.4, -0.2) is 16.1 Å². The summed E-state index contributed by atoms with van der Waals surface area (Å²) in [6.45, 7) is 6.17. The lowest BCUT2D eigenvalue weighted by Crippen LogP contribution is -2.04. The van der Waals surface area contributed by atoms with Crippen molar-refractivity contribution in [2.24, 2.45) is 0 Å². The van der Waals surface area contributed by atoms with Crippen molar-refractivity contribution in [3.05, 3.63) is 41.6 Å². The minimum Gasteiger partial charge on any atom is -0.298 e. The molecular weight excluding hydrogens is 212 g/mol. The first-order valence-electron chi connectivity index (χ1n) is 5.72. The molecule has 2 aromatic rings. The highest BCUT2D eigenvalue weighted by atomic mass is 16.1. The van der Waals surface area contributed by atoms with E-state index >= 15 is 0 Å². The van der Waals surface area contributed by atoms with Gasteiger partial charge in [0.2, 0.25) is 0 Å². The Balaban J connectivity index is 2.56. The van der Waals surface area contributed by atoms with Crippen LogP contribution in [0.15, 0.2) is 30.5 Å². The number of hydrogen-bond acceptors (Lipinski definition) is 2. The quantitative estimate of drug-likeness (QED) is 0.756. The van der Waals surface area contributed by atoms with Crippen LogP contribution in [0.4, 0.5) is 0 Å². The van der Waals surface area contributed by atoms with Gasteiger partial charge in [-0.25, -0.2) is 0 Å². The lowest BCUT2D eigenvalue weighted by Gasteiger charge is -2.11. The maximum absolute atomic E-state index is 10.9. The molecule has 0 N–H and O–H groups in total. The van der Waals surface area contributed by atoms with Crippen LogP contribution in [0.25, 0.3) is 11.3 Å². The van der Waals surface area contributed by atoms with Crippen LogP contribution in [-0.2, 0) is 0 Å². The monoisotopic (exact) mass is 228 g/mol. The van der Waals surface area contributed by atoms with Crippen LogP contribution >= 0.6 is 0 Å². The molecule has 0 spiro atoms. The number of benzene rings is 1. The summed E-state index contributed by atoms with van der Waals surface area (Å²) in [5, 5.41) is 4.31. The predicted octanol–water partition coefficient (Wildman–Crippen LogP) is 3.25. The third-order valence-electron chi connectivity index (χ3n) is 2.69. The molecule has 3 heteroatoms. The second-order valence-electron chi connectivity index (χ2n) is 4.50. The van der Waals surface area contributed by atoms with E-state index in [-0.39, 0.29) is 0 Å². The van der Waals surface area contributed by atoms with Gasteiger partial charge in [-0.3, -0.25) is 9.48 Å². The standard InChI is InChI=1S/C14H16N2O/c1-10(2)16-14(4-5-15-16)13-7-11(3)6-12(8-13)9-17/h4-10H,1-3H3. The van der Waals surface area contributed by atoms with Crippen molar-refractivity contribution in [1.82, 2.24) is 9.78 Å². The van der Waals surface area contributed by atoms with E-state index in [1.165, 1.54) is 0 Å². The lowest BCUT2D eigenvalue weighted by molar-refractivity contribution is 0.112. The molecule has 3 nitrogen and oxygen atoms in total. The van der Waals surface area contributed by atoms with Crippen molar-refractivity contribution in [2.75, 3.05) is 0 Å². The van der Waals surface area contributed by atoms with Crippen LogP contribution in [0.5, 0.6) is 0 Å². The summed E-state index contributed by atoms with van der Waals surface area (Å²) in [5.74, 6) is 0. The van der Waals surface area contributed by atoms with Gasteiger partial charge in [0.1, 0.15) is 6.29 Å². The van der Waals surface area contributed by atoms with Crippen molar-refractivity contribution in [1.29, 1.82) is 0 Å². The maximum Gasteiger partial charge on any atom is 0.150 e. The van der Waals surface area contributed by atoms with Crippen LogP contribution < -0.4 is 0 Å². The van der Waals surface area contributed by atoms with Gasteiger partial charge in [-0.1, -0.05) is 0 Å². The molecule has 1 heterocycles. The fourth-order valence-electron chi connectivity index (χ4n) is 1.98. The van der Waals surface area contributed by atoms with Gasteiger partial charge in [-0.15, -0.1) is 0 Å². The normalized spacial score (nSPS) is 10.8. The van der Waals surface area contributed by atoms with E-state index in [2.05, 4.69) is 25.0 Å². The molecule has 0 aliphatic rings. The summed E-state index contributed by atoms with van der Waals surface area (Å²) in [6, 6.07) is 8.13. The molecule has 0 amide bonds. The summed E-state index contributed by atoms with van der Waals surface area (Å²) in [4.78, 5) is 10.9. The summed E-state index contributed by atoms with van der Waals surface area (Å²) in [6.07, 6.45) is 2.67. The molecule has 0 bridgehead atoms. The highest BCUT2D eigenvalue weighted by Gasteiger charge is 2.09. The van der Waals surface area contributed by atoms with E-state index in [0.717, 1.165) is 23.1 Å². The van der Waals surface area contributed by atoms with Crippen LogP contribution in [0.2, 0.25) is 0 Å². The molecule has 17 heavy (non-hydrogen) atoms. The van der Waals surface area contributed by atoms with Gasteiger partial charge < -0.3 is 0 Å². The number of aryl methyl sites for hydroxylation is 1. The highest BCUT2D eigenvalue weighted by Crippen LogP contribution is 2.23. The van der Waals surface area contributed by atoms with Crippen LogP contribution in [0.3, 0.4) is 0 Å². The Morgan fingerprint density at radius 1 is 1.29 bits per heavy atom. The van der Waals surface area contributed by atoms with Gasteiger partial charge in [0.25, 0.3) is 0 Å². The average molecular weight is 228 g/mol. The molecule has 0 saturated carbocycles. The summed E-state index contributed by atoms with van der Waals surface area (Å²) in [7, 11) is 0. The van der Waals surface area contributed by atoms with E-state index in [9.17, 15) is 4.79 Å². The van der Waals surface area contributed by atoms with E-state index in [0.29, 0.717) is 11.6 Å². The number of aromatic nitrogens is 2. The minimum absolute atomic E-state index is 0.306. The molecule has 0 radical (unpaired) electrons. The molecule has 88 valence electrons. The van der Waals surface area contributed by atoms with Crippen molar-refractivity contribution >= 4 is 6.29 Å². The van der Waals surface area contributed by atoms with Crippen molar-refractivity contribution in [3.8, 4) is 11.3 Å². The lowest BCUT2D eigenvalue weighted by atomic mass is 10.0. The van der Waals surface area contributed by atoms with Gasteiger partial charge in [-0.05, 0) is 50.6 Å². The number of aldehydes is 1. The number of rotatable bonds is 3. The summed E-state index contributed by atoms with van der Waals surface area (Å²) in [5.41, 5.74) is 3.88. The topological polar surface area (TPSA) is 34.9 Å². The number of hydrogen-bond donors (Lipinski definition) is 0. The van der Waals surface area contributed by atoms with Crippen molar-refractivity contribution < 1.29 is 4.79 Å². The second kappa shape index (κ2) is 4.53. The zero-order chi connectivity index (χ0) is 12.4. The number of carbonyl (C=O) groups excluding carboxylic acids is 1. The van der Waals surface area contributed by atoms with Crippen molar-refractivity contribution in [2.45, 2.75) is 26.8 Å². The number of carbonyl (C=O) groups is 1. The molecule has 0 aliphatic heterocycles. The molecule has 1 aromatic carbocycles. The van der Waals surface area contributed by atoms with Gasteiger partial charge in [0, 0.05) is 23.4 Å². The van der Waals surface area contributed by atoms with E-state index < -0.39 is 0 Å². The van der Waals surface area contributed by atoms with Gasteiger partial charge in [0.05, 0.1) is 5.69 Å². The Kier molecular flexibility index (Phi) is 3.09. The molecule has 0 unspecified atom stereocenters. The SMILES string of the molecule is Cc1cc(C=O)cc(-c2ccnn2C(C)C)c1.